The number of primary amides is 1. The molecule has 0 fully saturated rings. The lowest BCUT2D eigenvalue weighted by molar-refractivity contribution is -0.107. The Bertz CT molecular complexity index is 1400. The Balaban J connectivity index is 2.15. The van der Waals surface area contributed by atoms with Gasteiger partial charge in [0.05, 0.1) is 16.7 Å². The van der Waals surface area contributed by atoms with Crippen molar-refractivity contribution in [1.82, 2.24) is 4.98 Å². The average molecular weight is 450 g/mol. The van der Waals surface area contributed by atoms with E-state index in [0.717, 1.165) is 50.6 Å². The molecule has 0 unspecified atom stereocenters. The van der Waals surface area contributed by atoms with Crippen LogP contribution in [-0.4, -0.2) is 29.5 Å². The fourth-order valence-corrected chi connectivity index (χ4v) is 4.53. The maximum atomic E-state index is 12.2. The van der Waals surface area contributed by atoms with Crippen molar-refractivity contribution in [2.45, 2.75) is 26.4 Å². The maximum absolute atomic E-state index is 12.2. The van der Waals surface area contributed by atoms with E-state index in [9.17, 15) is 14.7 Å². The zero-order valence-corrected chi connectivity index (χ0v) is 19.0. The average Bonchev–Trinajstić information content (AvgIpc) is 3.11. The van der Waals surface area contributed by atoms with Crippen LogP contribution in [0.2, 0.25) is 5.02 Å². The zero-order valence-electron chi connectivity index (χ0n) is 18.3. The first-order valence-electron chi connectivity index (χ1n) is 10.1. The summed E-state index contributed by atoms with van der Waals surface area (Å²) >= 11 is 6.74. The molecule has 0 aliphatic heterocycles. The van der Waals surface area contributed by atoms with Crippen molar-refractivity contribution >= 4 is 51.4 Å². The summed E-state index contributed by atoms with van der Waals surface area (Å²) in [5.74, 6) is -0.594. The number of rotatable bonds is 5. The molecule has 0 bridgehead atoms. The number of nitrogens with zero attached hydrogens (tertiary/aromatic N) is 1. The lowest BCUT2D eigenvalue weighted by atomic mass is 9.92. The Labute approximate surface area is 190 Å². The molecule has 1 heterocycles. The van der Waals surface area contributed by atoms with Gasteiger partial charge in [-0.05, 0) is 55.7 Å². The van der Waals surface area contributed by atoms with E-state index in [1.807, 2.05) is 43.3 Å². The van der Waals surface area contributed by atoms with E-state index in [2.05, 4.69) is 4.98 Å². The van der Waals surface area contributed by atoms with Crippen molar-refractivity contribution < 1.29 is 14.7 Å². The third kappa shape index (κ3) is 3.42. The number of carbonyl (C=O) groups is 2. The Morgan fingerprint density at radius 2 is 1.94 bits per heavy atom. The molecular formula is C25H24ClN3O3. The van der Waals surface area contributed by atoms with Crippen LogP contribution in [-0.2, 0) is 10.4 Å². The number of halogens is 1. The zero-order chi connectivity index (χ0) is 23.4. The van der Waals surface area contributed by atoms with Gasteiger partial charge in [-0.25, -0.2) is 0 Å². The molecule has 0 atom stereocenters. The molecule has 0 saturated heterocycles. The molecule has 3 aromatic carbocycles. The van der Waals surface area contributed by atoms with Crippen molar-refractivity contribution in [1.29, 1.82) is 0 Å². The minimum absolute atomic E-state index is 0.286. The van der Waals surface area contributed by atoms with E-state index >= 15 is 0 Å². The van der Waals surface area contributed by atoms with Crippen LogP contribution in [0.5, 0.6) is 0 Å². The Kier molecular flexibility index (Phi) is 5.23. The summed E-state index contributed by atoms with van der Waals surface area (Å²) in [5, 5.41) is 12.4. The van der Waals surface area contributed by atoms with Gasteiger partial charge in [0, 0.05) is 39.6 Å². The molecule has 4 rings (SSSR count). The first-order chi connectivity index (χ1) is 15.0. The van der Waals surface area contributed by atoms with Crippen molar-refractivity contribution in [2.24, 2.45) is 5.73 Å². The number of hydrogen-bond donors (Lipinski definition) is 3. The van der Waals surface area contributed by atoms with E-state index < -0.39 is 11.5 Å². The summed E-state index contributed by atoms with van der Waals surface area (Å²) in [5.41, 5.74) is 10.2. The molecule has 7 heteroatoms. The van der Waals surface area contributed by atoms with Crippen LogP contribution in [0.3, 0.4) is 0 Å². The smallest absolute Gasteiger partial charge is 0.250 e. The van der Waals surface area contributed by atoms with E-state index in [0.29, 0.717) is 10.5 Å². The number of aromatic amines is 1. The third-order valence-corrected chi connectivity index (χ3v) is 6.21. The third-order valence-electron chi connectivity index (χ3n) is 5.91. The van der Waals surface area contributed by atoms with Crippen LogP contribution in [0, 0.1) is 6.92 Å². The van der Waals surface area contributed by atoms with Gasteiger partial charge < -0.3 is 20.7 Å². The number of amides is 2. The van der Waals surface area contributed by atoms with Crippen molar-refractivity contribution in [3.8, 4) is 11.1 Å². The standard InChI is InChI=1S/C25H24ClN3O3/c1-13-15(6-5-7-20(13)29(4)12-30)21-18(26)11-17(24(27)31)23-22(21)16-9-8-14(25(2,3)32)10-19(16)28-23/h5-12,28,32H,1-4H3,(H2,27,31). The van der Waals surface area contributed by atoms with Gasteiger partial charge in [-0.3, -0.25) is 9.59 Å². The van der Waals surface area contributed by atoms with Gasteiger partial charge in [0.15, 0.2) is 0 Å². The second-order valence-corrected chi connectivity index (χ2v) is 8.91. The van der Waals surface area contributed by atoms with Gasteiger partial charge in [-0.2, -0.15) is 0 Å². The number of aliphatic hydroxyl groups is 1. The van der Waals surface area contributed by atoms with Gasteiger partial charge in [0.1, 0.15) is 0 Å². The van der Waals surface area contributed by atoms with Crippen molar-refractivity contribution in [2.75, 3.05) is 11.9 Å². The number of hydrogen-bond acceptors (Lipinski definition) is 3. The molecule has 0 radical (unpaired) electrons. The monoisotopic (exact) mass is 449 g/mol. The molecule has 0 aliphatic rings. The molecule has 164 valence electrons. The predicted octanol–water partition coefficient (Wildman–Crippen LogP) is 4.87. The first kappa shape index (κ1) is 21.9. The fraction of sp³-hybridized carbons (Fsp3) is 0.200. The largest absolute Gasteiger partial charge is 0.386 e. The van der Waals surface area contributed by atoms with E-state index in [1.165, 1.54) is 4.90 Å². The topological polar surface area (TPSA) is 99.4 Å². The molecule has 4 aromatic rings. The number of anilines is 1. The summed E-state index contributed by atoms with van der Waals surface area (Å²) in [7, 11) is 1.69. The highest BCUT2D eigenvalue weighted by Gasteiger charge is 2.23. The van der Waals surface area contributed by atoms with Crippen LogP contribution in [0.4, 0.5) is 5.69 Å². The highest BCUT2D eigenvalue weighted by atomic mass is 35.5. The number of nitrogens with one attached hydrogen (secondary N) is 1. The molecule has 32 heavy (non-hydrogen) atoms. The summed E-state index contributed by atoms with van der Waals surface area (Å²) in [4.78, 5) is 28.4. The second kappa shape index (κ2) is 7.65. The molecule has 0 saturated carbocycles. The SMILES string of the molecule is Cc1c(-c2c(Cl)cc(C(N)=O)c3[nH]c4cc(C(C)(C)O)ccc4c23)cccc1N(C)C=O. The maximum Gasteiger partial charge on any atom is 0.250 e. The van der Waals surface area contributed by atoms with E-state index in [-0.39, 0.29) is 5.56 Å². The normalized spacial score (nSPS) is 11.8. The molecule has 2 amide bonds. The highest BCUT2D eigenvalue weighted by molar-refractivity contribution is 6.37. The first-order valence-corrected chi connectivity index (χ1v) is 10.5. The van der Waals surface area contributed by atoms with Crippen LogP contribution in [0.1, 0.15) is 35.3 Å². The molecule has 6 nitrogen and oxygen atoms in total. The Morgan fingerprint density at radius 3 is 2.56 bits per heavy atom. The van der Waals surface area contributed by atoms with Crippen LogP contribution < -0.4 is 10.6 Å². The van der Waals surface area contributed by atoms with Crippen LogP contribution >= 0.6 is 11.6 Å². The molecule has 0 spiro atoms. The van der Waals surface area contributed by atoms with Gasteiger partial charge in [0.25, 0.3) is 5.91 Å². The van der Waals surface area contributed by atoms with Gasteiger partial charge in [0.2, 0.25) is 6.41 Å². The predicted molar refractivity (Wildman–Crippen MR) is 129 cm³/mol. The Morgan fingerprint density at radius 1 is 1.22 bits per heavy atom. The highest BCUT2D eigenvalue weighted by Crippen LogP contribution is 2.44. The van der Waals surface area contributed by atoms with E-state index in [4.69, 9.17) is 17.3 Å². The number of benzene rings is 3. The fourth-order valence-electron chi connectivity index (χ4n) is 4.22. The van der Waals surface area contributed by atoms with Gasteiger partial charge in [-0.1, -0.05) is 35.9 Å². The van der Waals surface area contributed by atoms with Gasteiger partial charge >= 0.3 is 0 Å². The molecule has 0 aliphatic carbocycles. The molecule has 4 N–H and O–H groups in total. The number of H-pyrrole nitrogens is 1. The Hall–Kier alpha value is -3.35. The minimum Gasteiger partial charge on any atom is -0.386 e. The minimum atomic E-state index is -1.02. The number of aromatic nitrogens is 1. The van der Waals surface area contributed by atoms with Crippen molar-refractivity contribution in [3.63, 3.8) is 0 Å². The number of fused-ring (bicyclic) bond motifs is 3. The lowest BCUT2D eigenvalue weighted by Crippen LogP contribution is -2.15. The van der Waals surface area contributed by atoms with Crippen LogP contribution in [0.25, 0.3) is 32.9 Å². The lowest BCUT2D eigenvalue weighted by Gasteiger charge is -2.19. The van der Waals surface area contributed by atoms with Crippen LogP contribution in [0.15, 0.2) is 42.5 Å². The second-order valence-electron chi connectivity index (χ2n) is 8.51. The molecule has 1 aromatic heterocycles. The van der Waals surface area contributed by atoms with E-state index in [1.54, 1.807) is 27.0 Å². The van der Waals surface area contributed by atoms with Crippen molar-refractivity contribution in [3.05, 3.63) is 64.2 Å². The molecular weight excluding hydrogens is 426 g/mol. The number of nitrogens with two attached hydrogens (primary N) is 1. The summed E-state index contributed by atoms with van der Waals surface area (Å²) in [6, 6.07) is 12.9. The summed E-state index contributed by atoms with van der Waals surface area (Å²) < 4.78 is 0. The van der Waals surface area contributed by atoms with Gasteiger partial charge in [-0.15, -0.1) is 0 Å². The number of carbonyl (C=O) groups excluding carboxylic acids is 2. The quantitative estimate of drug-likeness (QED) is 0.379. The summed E-state index contributed by atoms with van der Waals surface area (Å²) in [6.45, 7) is 5.36. The summed E-state index contributed by atoms with van der Waals surface area (Å²) in [6.07, 6.45) is 0.753.